The van der Waals surface area contributed by atoms with E-state index in [0.717, 1.165) is 25.7 Å². The maximum Gasteiger partial charge on any atom is 0.303 e. The molecule has 0 heterocycles. The van der Waals surface area contributed by atoms with Gasteiger partial charge in [-0.3, -0.25) is 9.59 Å². The lowest BCUT2D eigenvalue weighted by Gasteiger charge is -2.40. The predicted octanol–water partition coefficient (Wildman–Crippen LogP) is 1.56. The Labute approximate surface area is 108 Å². The Hall–Kier alpha value is -1.10. The summed E-state index contributed by atoms with van der Waals surface area (Å²) in [6.45, 7) is 3.61. The Balaban J connectivity index is 2.18. The predicted molar refractivity (Wildman–Crippen MR) is 67.3 cm³/mol. The molecule has 1 amide bonds. The van der Waals surface area contributed by atoms with Gasteiger partial charge in [0, 0.05) is 19.6 Å². The molecule has 1 aliphatic carbocycles. The number of nitrogens with one attached hydrogen (secondary N) is 1. The third-order valence-corrected chi connectivity index (χ3v) is 3.42. The van der Waals surface area contributed by atoms with Crippen molar-refractivity contribution in [1.82, 2.24) is 5.32 Å². The maximum atomic E-state index is 11.5. The van der Waals surface area contributed by atoms with Crippen molar-refractivity contribution in [2.24, 2.45) is 5.41 Å². The molecule has 5 heteroatoms. The van der Waals surface area contributed by atoms with Crippen LogP contribution in [0.5, 0.6) is 0 Å². The fourth-order valence-corrected chi connectivity index (χ4v) is 2.20. The summed E-state index contributed by atoms with van der Waals surface area (Å²) >= 11 is 0. The Morgan fingerprint density at radius 2 is 2.06 bits per heavy atom. The van der Waals surface area contributed by atoms with Gasteiger partial charge in [0.1, 0.15) is 0 Å². The van der Waals surface area contributed by atoms with Crippen LogP contribution >= 0.6 is 0 Å². The van der Waals surface area contributed by atoms with Crippen LogP contribution in [0.15, 0.2) is 0 Å². The minimum Gasteiger partial charge on any atom is -0.481 e. The van der Waals surface area contributed by atoms with Crippen molar-refractivity contribution >= 4 is 11.9 Å². The fourth-order valence-electron chi connectivity index (χ4n) is 2.20. The first kappa shape index (κ1) is 15.0. The van der Waals surface area contributed by atoms with Crippen LogP contribution in [0.2, 0.25) is 0 Å². The van der Waals surface area contributed by atoms with Crippen molar-refractivity contribution in [1.29, 1.82) is 0 Å². The molecule has 18 heavy (non-hydrogen) atoms. The molecule has 0 aromatic rings. The molecule has 1 aliphatic rings. The van der Waals surface area contributed by atoms with Crippen molar-refractivity contribution in [3.8, 4) is 0 Å². The molecule has 0 unspecified atom stereocenters. The van der Waals surface area contributed by atoms with Gasteiger partial charge in [0.15, 0.2) is 0 Å². The van der Waals surface area contributed by atoms with Crippen LogP contribution in [0.4, 0.5) is 0 Å². The van der Waals surface area contributed by atoms with Crippen LogP contribution < -0.4 is 5.32 Å². The van der Waals surface area contributed by atoms with Crippen LogP contribution in [0.3, 0.4) is 0 Å². The Bertz CT molecular complexity index is 287. The molecular formula is C13H23NO4. The summed E-state index contributed by atoms with van der Waals surface area (Å²) < 4.78 is 5.24. The molecule has 104 valence electrons. The zero-order chi connectivity index (χ0) is 13.4. The molecule has 0 aliphatic heterocycles. The Morgan fingerprint density at radius 1 is 1.33 bits per heavy atom. The van der Waals surface area contributed by atoms with Crippen LogP contribution in [0.1, 0.15) is 45.4 Å². The summed E-state index contributed by atoms with van der Waals surface area (Å²) in [4.78, 5) is 22.3. The van der Waals surface area contributed by atoms with E-state index in [4.69, 9.17) is 9.84 Å². The van der Waals surface area contributed by atoms with Crippen molar-refractivity contribution in [3.05, 3.63) is 0 Å². The van der Waals surface area contributed by atoms with Gasteiger partial charge in [-0.2, -0.15) is 0 Å². The highest BCUT2D eigenvalue weighted by molar-refractivity contribution is 5.76. The summed E-state index contributed by atoms with van der Waals surface area (Å²) in [6, 6.07) is 0. The first-order chi connectivity index (χ1) is 8.58. The second kappa shape index (κ2) is 7.36. The van der Waals surface area contributed by atoms with E-state index >= 15 is 0 Å². The van der Waals surface area contributed by atoms with E-state index < -0.39 is 5.97 Å². The lowest BCUT2D eigenvalue weighted by Crippen LogP contribution is -2.43. The largest absolute Gasteiger partial charge is 0.481 e. The molecule has 0 aromatic heterocycles. The van der Waals surface area contributed by atoms with Crippen molar-refractivity contribution in [2.75, 3.05) is 19.8 Å². The third-order valence-electron chi connectivity index (χ3n) is 3.42. The number of aliphatic carboxylic acids is 1. The highest BCUT2D eigenvalue weighted by atomic mass is 16.5. The van der Waals surface area contributed by atoms with E-state index in [9.17, 15) is 9.59 Å². The number of carbonyl (C=O) groups excluding carboxylic acids is 1. The monoisotopic (exact) mass is 257 g/mol. The lowest BCUT2D eigenvalue weighted by atomic mass is 9.66. The summed E-state index contributed by atoms with van der Waals surface area (Å²) in [5, 5.41) is 11.7. The summed E-state index contributed by atoms with van der Waals surface area (Å²) in [5.41, 5.74) is -0.203. The SMILES string of the molecule is CCCOCCC(=O)NCC1(CC(=O)O)CCC1. The molecule has 1 fully saturated rings. The fraction of sp³-hybridized carbons (Fsp3) is 0.846. The number of hydrogen-bond donors (Lipinski definition) is 2. The lowest BCUT2D eigenvalue weighted by molar-refractivity contribution is -0.142. The van der Waals surface area contributed by atoms with Crippen LogP contribution in [-0.4, -0.2) is 36.7 Å². The zero-order valence-corrected chi connectivity index (χ0v) is 11.0. The number of carbonyl (C=O) groups is 2. The van der Waals surface area contributed by atoms with E-state index in [1.165, 1.54) is 0 Å². The molecule has 2 N–H and O–H groups in total. The molecule has 1 rings (SSSR count). The van der Waals surface area contributed by atoms with Crippen LogP contribution in [-0.2, 0) is 14.3 Å². The van der Waals surface area contributed by atoms with Gasteiger partial charge in [0.05, 0.1) is 13.0 Å². The number of carboxylic acids is 1. The molecule has 0 radical (unpaired) electrons. The van der Waals surface area contributed by atoms with E-state index in [2.05, 4.69) is 5.32 Å². The number of amides is 1. The molecule has 0 bridgehead atoms. The van der Waals surface area contributed by atoms with Gasteiger partial charge < -0.3 is 15.2 Å². The number of hydrogen-bond acceptors (Lipinski definition) is 3. The second-order valence-electron chi connectivity index (χ2n) is 5.06. The van der Waals surface area contributed by atoms with Gasteiger partial charge in [-0.15, -0.1) is 0 Å². The van der Waals surface area contributed by atoms with Crippen molar-refractivity contribution in [2.45, 2.75) is 45.4 Å². The number of rotatable bonds is 9. The van der Waals surface area contributed by atoms with Gasteiger partial charge in [0.25, 0.3) is 0 Å². The Morgan fingerprint density at radius 3 is 2.56 bits per heavy atom. The smallest absolute Gasteiger partial charge is 0.303 e. The highest BCUT2D eigenvalue weighted by Crippen LogP contribution is 2.43. The van der Waals surface area contributed by atoms with Crippen molar-refractivity contribution in [3.63, 3.8) is 0 Å². The first-order valence-corrected chi connectivity index (χ1v) is 6.64. The first-order valence-electron chi connectivity index (χ1n) is 6.64. The average Bonchev–Trinajstić information content (AvgIpc) is 2.27. The normalized spacial score (nSPS) is 16.9. The zero-order valence-electron chi connectivity index (χ0n) is 11.0. The average molecular weight is 257 g/mol. The van der Waals surface area contributed by atoms with Gasteiger partial charge in [-0.05, 0) is 24.7 Å². The van der Waals surface area contributed by atoms with E-state index in [0.29, 0.717) is 26.2 Å². The van der Waals surface area contributed by atoms with E-state index in [1.54, 1.807) is 0 Å². The number of ether oxygens (including phenoxy) is 1. The molecule has 0 aromatic carbocycles. The van der Waals surface area contributed by atoms with Gasteiger partial charge in [-0.1, -0.05) is 13.3 Å². The minimum absolute atomic E-state index is 0.0530. The maximum absolute atomic E-state index is 11.5. The van der Waals surface area contributed by atoms with Gasteiger partial charge in [-0.25, -0.2) is 0 Å². The topological polar surface area (TPSA) is 75.6 Å². The molecular weight excluding hydrogens is 234 g/mol. The Kier molecular flexibility index (Phi) is 6.12. The van der Waals surface area contributed by atoms with Gasteiger partial charge in [0.2, 0.25) is 5.91 Å². The standard InChI is InChI=1S/C13H23NO4/c1-2-7-18-8-4-11(15)14-10-13(5-3-6-13)9-12(16)17/h2-10H2,1H3,(H,14,15)(H,16,17). The van der Waals surface area contributed by atoms with Crippen LogP contribution in [0, 0.1) is 5.41 Å². The van der Waals surface area contributed by atoms with Crippen LogP contribution in [0.25, 0.3) is 0 Å². The third kappa shape index (κ3) is 5.04. The van der Waals surface area contributed by atoms with E-state index in [-0.39, 0.29) is 17.7 Å². The number of carboxylic acid groups (broad SMARTS) is 1. The van der Waals surface area contributed by atoms with Crippen molar-refractivity contribution < 1.29 is 19.4 Å². The molecule has 0 spiro atoms. The molecule has 0 saturated heterocycles. The summed E-state index contributed by atoms with van der Waals surface area (Å²) in [6.07, 6.45) is 4.30. The summed E-state index contributed by atoms with van der Waals surface area (Å²) in [5.74, 6) is -0.835. The summed E-state index contributed by atoms with van der Waals surface area (Å²) in [7, 11) is 0. The molecule has 0 atom stereocenters. The van der Waals surface area contributed by atoms with E-state index in [1.807, 2.05) is 6.92 Å². The molecule has 5 nitrogen and oxygen atoms in total. The minimum atomic E-state index is -0.782. The van der Waals surface area contributed by atoms with Gasteiger partial charge >= 0.3 is 5.97 Å². The second-order valence-corrected chi connectivity index (χ2v) is 5.06. The highest BCUT2D eigenvalue weighted by Gasteiger charge is 2.39. The quantitative estimate of drug-likeness (QED) is 0.615. The molecule has 1 saturated carbocycles.